The van der Waals surface area contributed by atoms with Crippen LogP contribution in [-0.2, 0) is 6.42 Å². The standard InChI is InChI=1S/C10H8BrFN2O/c1-14-10(15)7-4-6(2-3-13)9(12)8(11)5-7/h4-5H,2H2,1H3,(H,14,15). The first-order chi connectivity index (χ1) is 7.10. The number of rotatable bonds is 2. The molecule has 0 atom stereocenters. The third-order valence-corrected chi connectivity index (χ3v) is 2.44. The first kappa shape index (κ1) is 11.7. The Morgan fingerprint density at radius 1 is 1.67 bits per heavy atom. The molecule has 0 bridgehead atoms. The van der Waals surface area contributed by atoms with Gasteiger partial charge in [0.25, 0.3) is 5.91 Å². The lowest BCUT2D eigenvalue weighted by Gasteiger charge is -2.05. The van der Waals surface area contributed by atoms with Gasteiger partial charge in [0.15, 0.2) is 0 Å². The molecule has 0 aromatic heterocycles. The Kier molecular flexibility index (Phi) is 3.81. The van der Waals surface area contributed by atoms with Crippen molar-refractivity contribution in [2.24, 2.45) is 0 Å². The second kappa shape index (κ2) is 4.89. The van der Waals surface area contributed by atoms with Crippen molar-refractivity contribution in [1.29, 1.82) is 5.26 Å². The maximum atomic E-state index is 13.4. The number of nitriles is 1. The third-order valence-electron chi connectivity index (χ3n) is 1.86. The van der Waals surface area contributed by atoms with E-state index in [1.54, 1.807) is 0 Å². The van der Waals surface area contributed by atoms with Gasteiger partial charge in [0.2, 0.25) is 0 Å². The normalized spacial score (nSPS) is 9.47. The van der Waals surface area contributed by atoms with E-state index in [0.717, 1.165) is 0 Å². The summed E-state index contributed by atoms with van der Waals surface area (Å²) in [4.78, 5) is 11.3. The molecule has 0 radical (unpaired) electrons. The van der Waals surface area contributed by atoms with Gasteiger partial charge in [0, 0.05) is 18.2 Å². The lowest BCUT2D eigenvalue weighted by Crippen LogP contribution is -2.18. The van der Waals surface area contributed by atoms with Crippen LogP contribution >= 0.6 is 15.9 Å². The molecule has 1 aromatic rings. The molecule has 0 aliphatic rings. The zero-order valence-corrected chi connectivity index (χ0v) is 9.56. The van der Waals surface area contributed by atoms with Crippen LogP contribution in [0.5, 0.6) is 0 Å². The van der Waals surface area contributed by atoms with Crippen LogP contribution in [0.15, 0.2) is 16.6 Å². The van der Waals surface area contributed by atoms with Crippen molar-refractivity contribution in [3.63, 3.8) is 0 Å². The van der Waals surface area contributed by atoms with E-state index in [1.807, 2.05) is 6.07 Å². The molecule has 0 saturated carbocycles. The van der Waals surface area contributed by atoms with Gasteiger partial charge in [-0.25, -0.2) is 4.39 Å². The summed E-state index contributed by atoms with van der Waals surface area (Å²) in [6.07, 6.45) is -0.0603. The average Bonchev–Trinajstić information content (AvgIpc) is 2.23. The van der Waals surface area contributed by atoms with Crippen LogP contribution in [0.2, 0.25) is 0 Å². The van der Waals surface area contributed by atoms with Crippen LogP contribution in [0, 0.1) is 17.1 Å². The average molecular weight is 271 g/mol. The fourth-order valence-corrected chi connectivity index (χ4v) is 1.64. The summed E-state index contributed by atoms with van der Waals surface area (Å²) in [5.41, 5.74) is 0.543. The van der Waals surface area contributed by atoms with Crippen molar-refractivity contribution in [2.75, 3.05) is 7.05 Å². The fraction of sp³-hybridized carbons (Fsp3) is 0.200. The van der Waals surface area contributed by atoms with Gasteiger partial charge in [0.05, 0.1) is 17.0 Å². The van der Waals surface area contributed by atoms with E-state index in [4.69, 9.17) is 5.26 Å². The van der Waals surface area contributed by atoms with E-state index in [-0.39, 0.29) is 22.4 Å². The number of benzene rings is 1. The summed E-state index contributed by atoms with van der Waals surface area (Å²) in [6, 6.07) is 4.60. The topological polar surface area (TPSA) is 52.9 Å². The molecule has 1 N–H and O–H groups in total. The van der Waals surface area contributed by atoms with Gasteiger partial charge < -0.3 is 5.32 Å². The van der Waals surface area contributed by atoms with Gasteiger partial charge in [-0.3, -0.25) is 4.79 Å². The largest absolute Gasteiger partial charge is 0.355 e. The van der Waals surface area contributed by atoms with Crippen LogP contribution in [0.1, 0.15) is 15.9 Å². The zero-order valence-electron chi connectivity index (χ0n) is 7.97. The van der Waals surface area contributed by atoms with Crippen LogP contribution in [0.25, 0.3) is 0 Å². The predicted molar refractivity (Wildman–Crippen MR) is 56.8 cm³/mol. The van der Waals surface area contributed by atoms with Crippen molar-refractivity contribution in [1.82, 2.24) is 5.32 Å². The zero-order chi connectivity index (χ0) is 11.4. The van der Waals surface area contributed by atoms with Crippen molar-refractivity contribution < 1.29 is 9.18 Å². The van der Waals surface area contributed by atoms with Crippen LogP contribution in [0.4, 0.5) is 4.39 Å². The van der Waals surface area contributed by atoms with Crippen molar-refractivity contribution in [3.8, 4) is 6.07 Å². The first-order valence-electron chi connectivity index (χ1n) is 4.17. The molecule has 0 unspecified atom stereocenters. The molecule has 0 aliphatic heterocycles. The molecular formula is C10H8BrFN2O. The Morgan fingerprint density at radius 2 is 2.33 bits per heavy atom. The molecule has 15 heavy (non-hydrogen) atoms. The summed E-state index contributed by atoms with van der Waals surface area (Å²) in [6.45, 7) is 0. The van der Waals surface area contributed by atoms with Crippen LogP contribution < -0.4 is 5.32 Å². The maximum absolute atomic E-state index is 13.4. The molecule has 0 aliphatic carbocycles. The SMILES string of the molecule is CNC(=O)c1cc(Br)c(F)c(CC#N)c1. The minimum atomic E-state index is -0.496. The quantitative estimate of drug-likeness (QED) is 0.894. The molecule has 0 fully saturated rings. The van der Waals surface area contributed by atoms with Crippen LogP contribution in [0.3, 0.4) is 0 Å². The van der Waals surface area contributed by atoms with E-state index >= 15 is 0 Å². The highest BCUT2D eigenvalue weighted by molar-refractivity contribution is 9.10. The molecule has 0 heterocycles. The highest BCUT2D eigenvalue weighted by Gasteiger charge is 2.12. The Morgan fingerprint density at radius 3 is 2.87 bits per heavy atom. The number of amides is 1. The van der Waals surface area contributed by atoms with Crippen molar-refractivity contribution in [3.05, 3.63) is 33.5 Å². The van der Waals surface area contributed by atoms with Gasteiger partial charge in [-0.1, -0.05) is 0 Å². The predicted octanol–water partition coefficient (Wildman–Crippen LogP) is 2.01. The first-order valence-corrected chi connectivity index (χ1v) is 4.96. The van der Waals surface area contributed by atoms with E-state index in [0.29, 0.717) is 5.56 Å². The van der Waals surface area contributed by atoms with E-state index in [1.165, 1.54) is 19.2 Å². The maximum Gasteiger partial charge on any atom is 0.251 e. The van der Waals surface area contributed by atoms with Crippen molar-refractivity contribution >= 4 is 21.8 Å². The Balaban J connectivity index is 3.24. The van der Waals surface area contributed by atoms with Gasteiger partial charge >= 0.3 is 0 Å². The number of nitrogens with one attached hydrogen (secondary N) is 1. The van der Waals surface area contributed by atoms with Gasteiger partial charge in [-0.15, -0.1) is 0 Å². The second-order valence-electron chi connectivity index (χ2n) is 2.85. The summed E-state index contributed by atoms with van der Waals surface area (Å²) >= 11 is 3.00. The summed E-state index contributed by atoms with van der Waals surface area (Å²) in [5, 5.41) is 10.9. The highest BCUT2D eigenvalue weighted by atomic mass is 79.9. The number of nitrogens with zero attached hydrogens (tertiary/aromatic N) is 1. The lowest BCUT2D eigenvalue weighted by atomic mass is 10.1. The minimum absolute atomic E-state index is 0.0603. The van der Waals surface area contributed by atoms with Gasteiger partial charge in [0.1, 0.15) is 5.82 Å². The molecule has 3 nitrogen and oxygen atoms in total. The number of carbonyl (C=O) groups is 1. The summed E-state index contributed by atoms with van der Waals surface area (Å²) < 4.78 is 13.6. The third kappa shape index (κ3) is 2.54. The highest BCUT2D eigenvalue weighted by Crippen LogP contribution is 2.21. The molecule has 78 valence electrons. The molecule has 1 rings (SSSR count). The molecular weight excluding hydrogens is 263 g/mol. The summed E-state index contributed by atoms with van der Waals surface area (Å²) in [5.74, 6) is -0.806. The molecule has 5 heteroatoms. The minimum Gasteiger partial charge on any atom is -0.355 e. The second-order valence-corrected chi connectivity index (χ2v) is 3.70. The number of hydrogen-bond donors (Lipinski definition) is 1. The molecule has 0 saturated heterocycles. The smallest absolute Gasteiger partial charge is 0.251 e. The molecule has 1 aromatic carbocycles. The molecule has 0 spiro atoms. The van der Waals surface area contributed by atoms with E-state index in [2.05, 4.69) is 21.2 Å². The Bertz CT molecular complexity index is 440. The lowest BCUT2D eigenvalue weighted by molar-refractivity contribution is 0.0963. The number of halogens is 2. The number of hydrogen-bond acceptors (Lipinski definition) is 2. The molecule has 1 amide bonds. The van der Waals surface area contributed by atoms with E-state index < -0.39 is 5.82 Å². The van der Waals surface area contributed by atoms with Gasteiger partial charge in [-0.2, -0.15) is 5.26 Å². The van der Waals surface area contributed by atoms with Gasteiger partial charge in [-0.05, 0) is 28.1 Å². The van der Waals surface area contributed by atoms with E-state index in [9.17, 15) is 9.18 Å². The fourth-order valence-electron chi connectivity index (χ4n) is 1.14. The Labute approximate surface area is 95.0 Å². The van der Waals surface area contributed by atoms with Crippen molar-refractivity contribution in [2.45, 2.75) is 6.42 Å². The monoisotopic (exact) mass is 270 g/mol. The Hall–Kier alpha value is -1.41. The van der Waals surface area contributed by atoms with Crippen LogP contribution in [-0.4, -0.2) is 13.0 Å². The number of carbonyl (C=O) groups excluding carboxylic acids is 1. The summed E-state index contributed by atoms with van der Waals surface area (Å²) in [7, 11) is 1.49.